The largest absolute Gasteiger partial charge is 0.480 e. The number of benzene rings is 2. The van der Waals surface area contributed by atoms with Gasteiger partial charge in [0.25, 0.3) is 0 Å². The standard InChI is InChI=1S/C25H28N2O5/c1-27(14-23(28)29)24(30)17-12-6-7-16(17)13-26-25(31)32-15-22-20-10-4-2-8-18(20)19-9-3-5-11-21(19)22/h2-5,8-11,16-17,22H,6-7,12-15H2,1H3,(H,26,31)(H,28,29). The fourth-order valence-electron chi connectivity index (χ4n) is 5.03. The van der Waals surface area contributed by atoms with Crippen LogP contribution in [0.4, 0.5) is 4.79 Å². The molecular weight excluding hydrogens is 408 g/mol. The van der Waals surface area contributed by atoms with Gasteiger partial charge in [-0.15, -0.1) is 0 Å². The van der Waals surface area contributed by atoms with Crippen molar-refractivity contribution in [2.24, 2.45) is 11.8 Å². The van der Waals surface area contributed by atoms with Gasteiger partial charge in [0.05, 0.1) is 0 Å². The number of nitrogens with zero attached hydrogens (tertiary/aromatic N) is 1. The predicted molar refractivity (Wildman–Crippen MR) is 119 cm³/mol. The smallest absolute Gasteiger partial charge is 0.407 e. The van der Waals surface area contributed by atoms with Crippen LogP contribution in [-0.2, 0) is 14.3 Å². The van der Waals surface area contributed by atoms with Crippen LogP contribution in [0.2, 0.25) is 0 Å². The Balaban J connectivity index is 1.32. The lowest BCUT2D eigenvalue weighted by atomic mass is 9.94. The van der Waals surface area contributed by atoms with Gasteiger partial charge in [0.15, 0.2) is 0 Å². The molecular formula is C25H28N2O5. The van der Waals surface area contributed by atoms with Crippen molar-refractivity contribution in [3.8, 4) is 11.1 Å². The Hall–Kier alpha value is -3.35. The van der Waals surface area contributed by atoms with Crippen LogP contribution in [0.25, 0.3) is 11.1 Å². The lowest BCUT2D eigenvalue weighted by Crippen LogP contribution is -2.40. The van der Waals surface area contributed by atoms with E-state index in [9.17, 15) is 14.4 Å². The highest BCUT2D eigenvalue weighted by atomic mass is 16.5. The molecule has 0 heterocycles. The van der Waals surface area contributed by atoms with Crippen molar-refractivity contribution in [2.45, 2.75) is 25.2 Å². The second-order valence-electron chi connectivity index (χ2n) is 8.59. The third-order valence-electron chi connectivity index (χ3n) is 6.58. The van der Waals surface area contributed by atoms with E-state index in [1.807, 2.05) is 24.3 Å². The van der Waals surface area contributed by atoms with E-state index in [1.165, 1.54) is 23.1 Å². The van der Waals surface area contributed by atoms with E-state index in [-0.39, 0.29) is 36.8 Å². The van der Waals surface area contributed by atoms with Gasteiger partial charge in [0, 0.05) is 25.4 Å². The average molecular weight is 437 g/mol. The highest BCUT2D eigenvalue weighted by molar-refractivity contribution is 5.83. The van der Waals surface area contributed by atoms with Crippen molar-refractivity contribution in [3.63, 3.8) is 0 Å². The maximum absolute atomic E-state index is 12.6. The lowest BCUT2D eigenvalue weighted by Gasteiger charge is -2.24. The third kappa shape index (κ3) is 4.47. The molecule has 2 amide bonds. The van der Waals surface area contributed by atoms with E-state index in [0.717, 1.165) is 24.0 Å². The molecule has 168 valence electrons. The van der Waals surface area contributed by atoms with Crippen LogP contribution in [0.15, 0.2) is 48.5 Å². The molecule has 7 nitrogen and oxygen atoms in total. The molecule has 0 radical (unpaired) electrons. The first-order valence-electron chi connectivity index (χ1n) is 11.0. The van der Waals surface area contributed by atoms with Crippen molar-refractivity contribution in [1.29, 1.82) is 0 Å². The van der Waals surface area contributed by atoms with Gasteiger partial charge in [-0.25, -0.2) is 4.79 Å². The minimum absolute atomic E-state index is 0.00127. The van der Waals surface area contributed by atoms with E-state index in [0.29, 0.717) is 13.0 Å². The van der Waals surface area contributed by atoms with E-state index < -0.39 is 12.1 Å². The van der Waals surface area contributed by atoms with Crippen LogP contribution in [0.5, 0.6) is 0 Å². The quantitative estimate of drug-likeness (QED) is 0.693. The number of carboxylic acid groups (broad SMARTS) is 1. The van der Waals surface area contributed by atoms with Gasteiger partial charge in [-0.2, -0.15) is 0 Å². The summed E-state index contributed by atoms with van der Waals surface area (Å²) in [7, 11) is 1.50. The van der Waals surface area contributed by atoms with Crippen LogP contribution in [0.1, 0.15) is 36.3 Å². The summed E-state index contributed by atoms with van der Waals surface area (Å²) in [6.45, 7) is 0.268. The number of hydrogen-bond donors (Lipinski definition) is 2. The summed E-state index contributed by atoms with van der Waals surface area (Å²) in [6, 6.07) is 16.3. The van der Waals surface area contributed by atoms with Crippen LogP contribution in [-0.4, -0.2) is 54.7 Å². The summed E-state index contributed by atoms with van der Waals surface area (Å²) in [5.74, 6) is -1.50. The monoisotopic (exact) mass is 436 g/mol. The van der Waals surface area contributed by atoms with Gasteiger partial charge in [0.1, 0.15) is 13.2 Å². The SMILES string of the molecule is CN(CC(=O)O)C(=O)C1CCCC1CNC(=O)OCC1c2ccccc2-c2ccccc21. The molecule has 4 rings (SSSR count). The maximum Gasteiger partial charge on any atom is 0.407 e. The number of fused-ring (bicyclic) bond motifs is 3. The molecule has 2 aromatic carbocycles. The van der Waals surface area contributed by atoms with E-state index in [2.05, 4.69) is 29.6 Å². The van der Waals surface area contributed by atoms with Crippen molar-refractivity contribution in [3.05, 3.63) is 59.7 Å². The minimum Gasteiger partial charge on any atom is -0.480 e. The number of carboxylic acids is 1. The van der Waals surface area contributed by atoms with Gasteiger partial charge in [-0.3, -0.25) is 9.59 Å². The highest BCUT2D eigenvalue weighted by Gasteiger charge is 2.35. The second-order valence-corrected chi connectivity index (χ2v) is 8.59. The van der Waals surface area contributed by atoms with E-state index in [1.54, 1.807) is 0 Å². The summed E-state index contributed by atoms with van der Waals surface area (Å²) < 4.78 is 5.57. The molecule has 0 aliphatic heterocycles. The molecule has 0 bridgehead atoms. The minimum atomic E-state index is -1.04. The Morgan fingerprint density at radius 1 is 1.03 bits per heavy atom. The van der Waals surface area contributed by atoms with E-state index in [4.69, 9.17) is 9.84 Å². The van der Waals surface area contributed by atoms with Crippen molar-refractivity contribution in [1.82, 2.24) is 10.2 Å². The zero-order valence-corrected chi connectivity index (χ0v) is 18.1. The Morgan fingerprint density at radius 3 is 2.28 bits per heavy atom. The van der Waals surface area contributed by atoms with Crippen molar-refractivity contribution >= 4 is 18.0 Å². The summed E-state index contributed by atoms with van der Waals surface area (Å²) in [4.78, 5) is 37.2. The number of nitrogens with one attached hydrogen (secondary N) is 1. The predicted octanol–water partition coefficient (Wildman–Crippen LogP) is 3.48. The number of hydrogen-bond acceptors (Lipinski definition) is 4. The van der Waals surface area contributed by atoms with Gasteiger partial charge in [-0.05, 0) is 41.0 Å². The number of amides is 2. The Kier molecular flexibility index (Phi) is 6.44. The average Bonchev–Trinajstić information content (AvgIpc) is 3.38. The molecule has 2 atom stereocenters. The Labute approximate surface area is 187 Å². The topological polar surface area (TPSA) is 95.9 Å². The van der Waals surface area contributed by atoms with Crippen LogP contribution >= 0.6 is 0 Å². The van der Waals surface area contributed by atoms with Crippen LogP contribution in [0, 0.1) is 11.8 Å². The number of ether oxygens (including phenoxy) is 1. The highest BCUT2D eigenvalue weighted by Crippen LogP contribution is 2.44. The van der Waals surface area contributed by atoms with Gasteiger partial charge in [0.2, 0.25) is 5.91 Å². The molecule has 7 heteroatoms. The first kappa shape index (κ1) is 21.9. The summed E-state index contributed by atoms with van der Waals surface area (Å²) >= 11 is 0. The molecule has 1 saturated carbocycles. The molecule has 32 heavy (non-hydrogen) atoms. The van der Waals surface area contributed by atoms with Crippen LogP contribution < -0.4 is 5.32 Å². The summed E-state index contributed by atoms with van der Waals surface area (Å²) in [5.41, 5.74) is 4.67. The number of aliphatic carboxylic acids is 1. The summed E-state index contributed by atoms with van der Waals surface area (Å²) in [5, 5.41) is 11.7. The summed E-state index contributed by atoms with van der Waals surface area (Å²) in [6.07, 6.45) is 1.92. The third-order valence-corrected chi connectivity index (χ3v) is 6.58. The maximum atomic E-state index is 12.6. The molecule has 0 spiro atoms. The normalized spacial score (nSPS) is 19.2. The Morgan fingerprint density at radius 2 is 1.66 bits per heavy atom. The number of alkyl carbamates (subject to hydrolysis) is 1. The molecule has 1 fully saturated rings. The molecule has 0 saturated heterocycles. The van der Waals surface area contributed by atoms with Crippen LogP contribution in [0.3, 0.4) is 0 Å². The fourth-order valence-corrected chi connectivity index (χ4v) is 5.03. The second kappa shape index (κ2) is 9.42. The van der Waals surface area contributed by atoms with E-state index >= 15 is 0 Å². The Bertz CT molecular complexity index is 975. The first-order chi connectivity index (χ1) is 15.5. The van der Waals surface area contributed by atoms with Crippen molar-refractivity contribution < 1.29 is 24.2 Å². The number of rotatable bonds is 7. The fraction of sp³-hybridized carbons (Fsp3) is 0.400. The zero-order valence-electron chi connectivity index (χ0n) is 18.1. The van der Waals surface area contributed by atoms with Crippen molar-refractivity contribution in [2.75, 3.05) is 26.7 Å². The number of likely N-dealkylation sites (N-methyl/N-ethyl adjacent to an activating group) is 1. The van der Waals surface area contributed by atoms with Gasteiger partial charge in [-0.1, -0.05) is 55.0 Å². The lowest BCUT2D eigenvalue weighted by molar-refractivity contribution is -0.145. The zero-order chi connectivity index (χ0) is 22.7. The number of carbonyl (C=O) groups excluding carboxylic acids is 2. The molecule has 2 aliphatic carbocycles. The molecule has 2 aromatic rings. The molecule has 2 N–H and O–H groups in total. The van der Waals surface area contributed by atoms with Gasteiger partial charge < -0.3 is 20.1 Å². The molecule has 2 aliphatic rings. The van der Waals surface area contributed by atoms with Gasteiger partial charge >= 0.3 is 12.1 Å². The molecule has 0 aromatic heterocycles. The molecule has 2 unspecified atom stereocenters. The number of carbonyl (C=O) groups is 3. The first-order valence-corrected chi connectivity index (χ1v) is 11.0.